The Morgan fingerprint density at radius 3 is 2.48 bits per heavy atom. The summed E-state index contributed by atoms with van der Waals surface area (Å²) in [7, 11) is 0. The van der Waals surface area contributed by atoms with Crippen molar-refractivity contribution in [2.45, 2.75) is 32.4 Å². The summed E-state index contributed by atoms with van der Waals surface area (Å²) in [6.45, 7) is 3.05. The fourth-order valence-electron chi connectivity index (χ4n) is 2.82. The molecule has 0 saturated heterocycles. The first-order valence-corrected chi connectivity index (χ1v) is 7.64. The molecule has 2 aromatic carbocycles. The molecule has 0 bridgehead atoms. The number of hydrogen-bond donors (Lipinski definition) is 1. The van der Waals surface area contributed by atoms with Gasteiger partial charge in [0.2, 0.25) is 0 Å². The molecule has 2 N–H and O–H groups in total. The Bertz CT molecular complexity index is 713. The zero-order valence-corrected chi connectivity index (χ0v) is 12.5. The topological polar surface area (TPSA) is 30.9 Å². The highest BCUT2D eigenvalue weighted by atomic mass is 15.0. The van der Waals surface area contributed by atoms with Gasteiger partial charge in [-0.05, 0) is 30.0 Å². The van der Waals surface area contributed by atoms with Gasteiger partial charge < -0.3 is 10.3 Å². The second-order valence-corrected chi connectivity index (χ2v) is 5.66. The molecule has 0 fully saturated rings. The molecule has 0 amide bonds. The van der Waals surface area contributed by atoms with E-state index in [4.69, 9.17) is 5.73 Å². The third-order valence-electron chi connectivity index (χ3n) is 4.07. The normalized spacial score (nSPS) is 12.7. The van der Waals surface area contributed by atoms with Crippen LogP contribution in [0.25, 0.3) is 10.9 Å². The highest BCUT2D eigenvalue weighted by molar-refractivity contribution is 5.84. The Kier molecular flexibility index (Phi) is 4.07. The number of nitrogens with zero attached hydrogens (tertiary/aromatic N) is 1. The quantitative estimate of drug-likeness (QED) is 0.752. The van der Waals surface area contributed by atoms with Crippen molar-refractivity contribution in [2.75, 3.05) is 0 Å². The minimum atomic E-state index is 0.237. The van der Waals surface area contributed by atoms with Gasteiger partial charge in [0.25, 0.3) is 0 Å². The maximum Gasteiger partial charge on any atom is 0.0486 e. The first-order chi connectivity index (χ1) is 10.3. The summed E-state index contributed by atoms with van der Waals surface area (Å²) < 4.78 is 2.34. The lowest BCUT2D eigenvalue weighted by atomic mass is 10.0. The molecule has 0 aliphatic heterocycles. The fourth-order valence-corrected chi connectivity index (χ4v) is 2.82. The van der Waals surface area contributed by atoms with Crippen LogP contribution in [0.1, 0.15) is 24.5 Å². The SMILES string of the molecule is CCC(N)Cc1cn(Cc2ccccc2)c2ccccc12. The molecular weight excluding hydrogens is 256 g/mol. The number of benzene rings is 2. The molecule has 1 atom stereocenters. The van der Waals surface area contributed by atoms with Crippen molar-refractivity contribution in [3.8, 4) is 0 Å². The number of hydrogen-bond acceptors (Lipinski definition) is 1. The van der Waals surface area contributed by atoms with Gasteiger partial charge in [0, 0.05) is 29.7 Å². The van der Waals surface area contributed by atoms with Gasteiger partial charge in [-0.25, -0.2) is 0 Å². The first kappa shape index (κ1) is 13.9. The monoisotopic (exact) mass is 278 g/mol. The Hall–Kier alpha value is -2.06. The second kappa shape index (κ2) is 6.15. The van der Waals surface area contributed by atoms with Gasteiger partial charge in [-0.2, -0.15) is 0 Å². The van der Waals surface area contributed by atoms with Crippen LogP contribution < -0.4 is 5.73 Å². The number of para-hydroxylation sites is 1. The van der Waals surface area contributed by atoms with Crippen LogP contribution in [-0.4, -0.2) is 10.6 Å². The minimum absolute atomic E-state index is 0.237. The highest BCUT2D eigenvalue weighted by Crippen LogP contribution is 2.23. The van der Waals surface area contributed by atoms with E-state index in [0.29, 0.717) is 0 Å². The van der Waals surface area contributed by atoms with Gasteiger partial charge >= 0.3 is 0 Å². The summed E-state index contributed by atoms with van der Waals surface area (Å²) in [4.78, 5) is 0. The van der Waals surface area contributed by atoms with Crippen molar-refractivity contribution in [2.24, 2.45) is 5.73 Å². The van der Waals surface area contributed by atoms with Crippen LogP contribution in [0.4, 0.5) is 0 Å². The van der Waals surface area contributed by atoms with E-state index in [2.05, 4.69) is 72.3 Å². The highest BCUT2D eigenvalue weighted by Gasteiger charge is 2.10. The summed E-state index contributed by atoms with van der Waals surface area (Å²) in [6.07, 6.45) is 4.23. The molecule has 1 unspecified atom stereocenters. The maximum absolute atomic E-state index is 6.15. The number of aromatic nitrogens is 1. The average Bonchev–Trinajstić information content (AvgIpc) is 2.86. The molecule has 3 aromatic rings. The van der Waals surface area contributed by atoms with Crippen LogP contribution >= 0.6 is 0 Å². The van der Waals surface area contributed by atoms with Crippen molar-refractivity contribution in [3.05, 3.63) is 71.9 Å². The van der Waals surface area contributed by atoms with Gasteiger partial charge in [0.1, 0.15) is 0 Å². The van der Waals surface area contributed by atoms with Crippen molar-refractivity contribution < 1.29 is 0 Å². The molecule has 2 nitrogen and oxygen atoms in total. The molecule has 0 saturated carbocycles. The summed E-state index contributed by atoms with van der Waals surface area (Å²) in [5.74, 6) is 0. The molecule has 21 heavy (non-hydrogen) atoms. The second-order valence-electron chi connectivity index (χ2n) is 5.66. The van der Waals surface area contributed by atoms with Gasteiger partial charge in [-0.1, -0.05) is 55.5 Å². The molecular formula is C19H22N2. The lowest BCUT2D eigenvalue weighted by Gasteiger charge is -2.07. The molecule has 108 valence electrons. The van der Waals surface area contributed by atoms with Crippen molar-refractivity contribution in [1.82, 2.24) is 4.57 Å². The van der Waals surface area contributed by atoms with Crippen LogP contribution in [0.5, 0.6) is 0 Å². The van der Waals surface area contributed by atoms with Crippen LogP contribution in [-0.2, 0) is 13.0 Å². The van der Waals surface area contributed by atoms with E-state index in [1.54, 1.807) is 0 Å². The van der Waals surface area contributed by atoms with E-state index in [9.17, 15) is 0 Å². The predicted molar refractivity (Wildman–Crippen MR) is 89.5 cm³/mol. The number of rotatable bonds is 5. The van der Waals surface area contributed by atoms with Crippen LogP contribution in [0.15, 0.2) is 60.8 Å². The lowest BCUT2D eigenvalue weighted by molar-refractivity contribution is 0.646. The fraction of sp³-hybridized carbons (Fsp3) is 0.263. The molecule has 0 aliphatic carbocycles. The standard InChI is InChI=1S/C19H22N2/c1-2-17(20)12-16-14-21(13-15-8-4-3-5-9-15)19-11-7-6-10-18(16)19/h3-11,14,17H,2,12-13,20H2,1H3. The van der Waals surface area contributed by atoms with Gasteiger partial charge in [0.15, 0.2) is 0 Å². The van der Waals surface area contributed by atoms with E-state index in [1.807, 2.05) is 0 Å². The molecule has 0 radical (unpaired) electrons. The third-order valence-corrected chi connectivity index (χ3v) is 4.07. The Balaban J connectivity index is 1.99. The largest absolute Gasteiger partial charge is 0.343 e. The van der Waals surface area contributed by atoms with Crippen LogP contribution in [0.3, 0.4) is 0 Å². The van der Waals surface area contributed by atoms with Crippen molar-refractivity contribution >= 4 is 10.9 Å². The number of fused-ring (bicyclic) bond motifs is 1. The smallest absolute Gasteiger partial charge is 0.0486 e. The third kappa shape index (κ3) is 3.01. The summed E-state index contributed by atoms with van der Waals surface area (Å²) in [5.41, 5.74) is 10.1. The van der Waals surface area contributed by atoms with Crippen molar-refractivity contribution in [3.63, 3.8) is 0 Å². The van der Waals surface area contributed by atoms with E-state index >= 15 is 0 Å². The van der Waals surface area contributed by atoms with E-state index in [0.717, 1.165) is 19.4 Å². The Morgan fingerprint density at radius 2 is 1.71 bits per heavy atom. The lowest BCUT2D eigenvalue weighted by Crippen LogP contribution is -2.21. The first-order valence-electron chi connectivity index (χ1n) is 7.64. The zero-order chi connectivity index (χ0) is 14.7. The Labute approximate surface area is 126 Å². The van der Waals surface area contributed by atoms with Crippen LogP contribution in [0.2, 0.25) is 0 Å². The van der Waals surface area contributed by atoms with E-state index in [-0.39, 0.29) is 6.04 Å². The average molecular weight is 278 g/mol. The summed E-state index contributed by atoms with van der Waals surface area (Å²) in [6, 6.07) is 19.4. The maximum atomic E-state index is 6.15. The molecule has 0 spiro atoms. The molecule has 1 heterocycles. The Morgan fingerprint density at radius 1 is 1.00 bits per heavy atom. The predicted octanol–water partition coefficient (Wildman–Crippen LogP) is 3.97. The molecule has 3 rings (SSSR count). The van der Waals surface area contributed by atoms with E-state index < -0.39 is 0 Å². The summed E-state index contributed by atoms with van der Waals surface area (Å²) >= 11 is 0. The van der Waals surface area contributed by atoms with Crippen molar-refractivity contribution in [1.29, 1.82) is 0 Å². The van der Waals surface area contributed by atoms with Gasteiger partial charge in [-0.3, -0.25) is 0 Å². The minimum Gasteiger partial charge on any atom is -0.343 e. The van der Waals surface area contributed by atoms with Crippen LogP contribution in [0, 0.1) is 0 Å². The number of nitrogens with two attached hydrogens (primary N) is 1. The van der Waals surface area contributed by atoms with E-state index in [1.165, 1.54) is 22.0 Å². The molecule has 1 aromatic heterocycles. The van der Waals surface area contributed by atoms with Gasteiger partial charge in [0.05, 0.1) is 0 Å². The van der Waals surface area contributed by atoms with Gasteiger partial charge in [-0.15, -0.1) is 0 Å². The molecule has 2 heteroatoms. The summed E-state index contributed by atoms with van der Waals surface area (Å²) in [5, 5.41) is 1.33. The molecule has 0 aliphatic rings. The zero-order valence-electron chi connectivity index (χ0n) is 12.5.